The maximum absolute atomic E-state index is 12.2. The standard InChI is InChI=1S/C12H17N5O2S/c1-17(7-12-14-9-15-16-12)20(18,19)8-11-4-2-10(6-13)3-5-11/h2-5,9H,6-8,13H2,1H3,(H,14,15,16). The van der Waals surface area contributed by atoms with Crippen molar-refractivity contribution in [3.8, 4) is 0 Å². The van der Waals surface area contributed by atoms with Gasteiger partial charge in [-0.05, 0) is 11.1 Å². The third kappa shape index (κ3) is 3.62. The Hall–Kier alpha value is -1.77. The number of hydrogen-bond acceptors (Lipinski definition) is 5. The summed E-state index contributed by atoms with van der Waals surface area (Å²) in [4.78, 5) is 3.91. The van der Waals surface area contributed by atoms with E-state index >= 15 is 0 Å². The first-order valence-electron chi connectivity index (χ1n) is 6.07. The third-order valence-corrected chi connectivity index (χ3v) is 4.70. The molecule has 0 saturated heterocycles. The van der Waals surface area contributed by atoms with Crippen molar-refractivity contribution in [2.24, 2.45) is 5.73 Å². The summed E-state index contributed by atoms with van der Waals surface area (Å²) >= 11 is 0. The van der Waals surface area contributed by atoms with Gasteiger partial charge in [-0.2, -0.15) is 9.40 Å². The quantitative estimate of drug-likeness (QED) is 0.793. The molecule has 0 saturated carbocycles. The van der Waals surface area contributed by atoms with Crippen molar-refractivity contribution in [3.63, 3.8) is 0 Å². The molecule has 2 aromatic rings. The summed E-state index contributed by atoms with van der Waals surface area (Å²) in [7, 11) is -1.87. The minimum absolute atomic E-state index is 0.0531. The molecule has 0 unspecified atom stereocenters. The third-order valence-electron chi connectivity index (χ3n) is 2.92. The fourth-order valence-electron chi connectivity index (χ4n) is 1.71. The zero-order valence-corrected chi connectivity index (χ0v) is 12.0. The van der Waals surface area contributed by atoms with E-state index in [4.69, 9.17) is 5.73 Å². The molecule has 0 aliphatic rings. The summed E-state index contributed by atoms with van der Waals surface area (Å²) in [5.74, 6) is 0.456. The zero-order valence-electron chi connectivity index (χ0n) is 11.2. The molecule has 7 nitrogen and oxygen atoms in total. The fraction of sp³-hybridized carbons (Fsp3) is 0.333. The smallest absolute Gasteiger partial charge is 0.218 e. The van der Waals surface area contributed by atoms with E-state index < -0.39 is 10.0 Å². The van der Waals surface area contributed by atoms with Gasteiger partial charge in [-0.15, -0.1) is 0 Å². The molecule has 3 N–H and O–H groups in total. The molecule has 0 bridgehead atoms. The van der Waals surface area contributed by atoms with Crippen molar-refractivity contribution < 1.29 is 8.42 Å². The molecule has 8 heteroatoms. The number of nitrogens with zero attached hydrogens (tertiary/aromatic N) is 3. The van der Waals surface area contributed by atoms with Crippen molar-refractivity contribution in [2.75, 3.05) is 7.05 Å². The monoisotopic (exact) mass is 295 g/mol. The van der Waals surface area contributed by atoms with Gasteiger partial charge in [0.2, 0.25) is 10.0 Å². The number of nitrogens with one attached hydrogen (secondary N) is 1. The van der Waals surface area contributed by atoms with Crippen LogP contribution in [0.4, 0.5) is 0 Å². The molecule has 0 aliphatic heterocycles. The van der Waals surface area contributed by atoms with Gasteiger partial charge in [0.1, 0.15) is 12.2 Å². The number of nitrogens with two attached hydrogens (primary N) is 1. The molecule has 2 rings (SSSR count). The Morgan fingerprint density at radius 1 is 1.25 bits per heavy atom. The summed E-state index contributed by atoms with van der Waals surface area (Å²) in [6.07, 6.45) is 1.35. The van der Waals surface area contributed by atoms with Crippen molar-refractivity contribution >= 4 is 10.0 Å². The first kappa shape index (κ1) is 14.6. The summed E-state index contributed by atoms with van der Waals surface area (Å²) in [5, 5.41) is 6.33. The molecule has 1 heterocycles. The topological polar surface area (TPSA) is 105 Å². The van der Waals surface area contributed by atoms with Gasteiger partial charge in [0.25, 0.3) is 0 Å². The molecule has 1 aromatic heterocycles. The van der Waals surface area contributed by atoms with Crippen LogP contribution in [0.25, 0.3) is 0 Å². The van der Waals surface area contributed by atoms with E-state index in [1.807, 2.05) is 12.1 Å². The summed E-state index contributed by atoms with van der Waals surface area (Å²) in [6, 6.07) is 7.23. The highest BCUT2D eigenvalue weighted by atomic mass is 32.2. The number of aromatic nitrogens is 3. The van der Waals surface area contributed by atoms with Gasteiger partial charge in [-0.3, -0.25) is 5.10 Å². The van der Waals surface area contributed by atoms with Crippen LogP contribution in [0.5, 0.6) is 0 Å². The van der Waals surface area contributed by atoms with E-state index in [0.717, 1.165) is 11.1 Å². The van der Waals surface area contributed by atoms with E-state index in [-0.39, 0.29) is 12.3 Å². The molecule has 0 fully saturated rings. The summed E-state index contributed by atoms with van der Waals surface area (Å²) in [5.41, 5.74) is 7.21. The summed E-state index contributed by atoms with van der Waals surface area (Å²) < 4.78 is 25.7. The maximum Gasteiger partial charge on any atom is 0.218 e. The first-order chi connectivity index (χ1) is 9.51. The van der Waals surface area contributed by atoms with Crippen LogP contribution in [-0.4, -0.2) is 35.0 Å². The normalized spacial score (nSPS) is 11.9. The van der Waals surface area contributed by atoms with E-state index in [1.165, 1.54) is 17.7 Å². The van der Waals surface area contributed by atoms with Crippen LogP contribution < -0.4 is 5.73 Å². The minimum Gasteiger partial charge on any atom is -0.326 e. The average molecular weight is 295 g/mol. The minimum atomic E-state index is -3.39. The molecule has 0 aliphatic carbocycles. The Kier molecular flexibility index (Phi) is 4.48. The van der Waals surface area contributed by atoms with Crippen molar-refractivity contribution in [3.05, 3.63) is 47.5 Å². The average Bonchev–Trinajstić information content (AvgIpc) is 2.92. The maximum atomic E-state index is 12.2. The Labute approximate surface area is 117 Å². The van der Waals surface area contributed by atoms with Crippen molar-refractivity contribution in [2.45, 2.75) is 18.8 Å². The highest BCUT2D eigenvalue weighted by Crippen LogP contribution is 2.12. The lowest BCUT2D eigenvalue weighted by molar-refractivity contribution is 0.456. The van der Waals surface area contributed by atoms with E-state index in [1.54, 1.807) is 12.1 Å². The number of hydrogen-bond donors (Lipinski definition) is 2. The number of rotatable bonds is 6. The van der Waals surface area contributed by atoms with Crippen LogP contribution in [0.1, 0.15) is 17.0 Å². The van der Waals surface area contributed by atoms with E-state index in [9.17, 15) is 8.42 Å². The Morgan fingerprint density at radius 2 is 1.90 bits per heavy atom. The molecule has 0 radical (unpaired) electrons. The largest absolute Gasteiger partial charge is 0.326 e. The Balaban J connectivity index is 2.05. The van der Waals surface area contributed by atoms with Gasteiger partial charge >= 0.3 is 0 Å². The Morgan fingerprint density at radius 3 is 2.45 bits per heavy atom. The van der Waals surface area contributed by atoms with Crippen molar-refractivity contribution in [1.82, 2.24) is 19.5 Å². The number of benzene rings is 1. The van der Waals surface area contributed by atoms with Crippen LogP contribution in [0.2, 0.25) is 0 Å². The first-order valence-corrected chi connectivity index (χ1v) is 7.68. The summed E-state index contributed by atoms with van der Waals surface area (Å²) in [6.45, 7) is 0.613. The molecular formula is C12H17N5O2S. The SMILES string of the molecule is CN(Cc1ncn[nH]1)S(=O)(=O)Cc1ccc(CN)cc1. The van der Waals surface area contributed by atoms with Gasteiger partial charge < -0.3 is 5.73 Å². The van der Waals surface area contributed by atoms with Crippen LogP contribution in [0, 0.1) is 0 Å². The molecule has 1 aromatic carbocycles. The number of aromatic amines is 1. The van der Waals surface area contributed by atoms with Gasteiger partial charge in [0, 0.05) is 13.6 Å². The van der Waals surface area contributed by atoms with Crippen LogP contribution in [0.15, 0.2) is 30.6 Å². The molecule has 0 spiro atoms. The number of H-pyrrole nitrogens is 1. The molecule has 0 amide bonds. The van der Waals surface area contributed by atoms with Gasteiger partial charge in [0.15, 0.2) is 0 Å². The van der Waals surface area contributed by atoms with E-state index in [2.05, 4.69) is 15.2 Å². The second-order valence-corrected chi connectivity index (χ2v) is 6.54. The zero-order chi connectivity index (χ0) is 14.6. The molecular weight excluding hydrogens is 278 g/mol. The molecule has 108 valence electrons. The lowest BCUT2D eigenvalue weighted by atomic mass is 10.1. The van der Waals surface area contributed by atoms with Crippen LogP contribution in [0.3, 0.4) is 0 Å². The van der Waals surface area contributed by atoms with Gasteiger partial charge in [-0.25, -0.2) is 13.4 Å². The molecule has 20 heavy (non-hydrogen) atoms. The predicted molar refractivity (Wildman–Crippen MR) is 74.8 cm³/mol. The van der Waals surface area contributed by atoms with Crippen molar-refractivity contribution in [1.29, 1.82) is 0 Å². The van der Waals surface area contributed by atoms with Crippen LogP contribution >= 0.6 is 0 Å². The highest BCUT2D eigenvalue weighted by molar-refractivity contribution is 7.88. The second kappa shape index (κ2) is 6.12. The predicted octanol–water partition coefficient (Wildman–Crippen LogP) is 0.225. The second-order valence-electron chi connectivity index (χ2n) is 4.47. The van der Waals surface area contributed by atoms with E-state index in [0.29, 0.717) is 12.4 Å². The lowest BCUT2D eigenvalue weighted by Gasteiger charge is -2.15. The Bertz CT molecular complexity index is 637. The van der Waals surface area contributed by atoms with Gasteiger partial charge in [-0.1, -0.05) is 24.3 Å². The number of sulfonamides is 1. The molecule has 0 atom stereocenters. The highest BCUT2D eigenvalue weighted by Gasteiger charge is 2.19. The fourth-order valence-corrected chi connectivity index (χ4v) is 2.86. The lowest BCUT2D eigenvalue weighted by Crippen LogP contribution is -2.28. The van der Waals surface area contributed by atoms with Gasteiger partial charge in [0.05, 0.1) is 12.3 Å². The van der Waals surface area contributed by atoms with Crippen LogP contribution in [-0.2, 0) is 28.9 Å².